The summed E-state index contributed by atoms with van der Waals surface area (Å²) in [5.74, 6) is -0.653. The molecular formula is C7H12ClNO2. The highest BCUT2D eigenvalue weighted by atomic mass is 35.5. The van der Waals surface area contributed by atoms with Crippen LogP contribution in [-0.4, -0.2) is 24.2 Å². The number of nitrogens with one attached hydrogen (secondary N) is 1. The van der Waals surface area contributed by atoms with Gasteiger partial charge in [0.25, 0.3) is 0 Å². The van der Waals surface area contributed by atoms with E-state index in [9.17, 15) is 4.79 Å². The van der Waals surface area contributed by atoms with E-state index in [0.717, 1.165) is 25.9 Å². The summed E-state index contributed by atoms with van der Waals surface area (Å²) in [6.07, 6.45) is 1.80. The van der Waals surface area contributed by atoms with Gasteiger partial charge in [0.05, 0.1) is 5.92 Å². The molecule has 1 saturated heterocycles. The fourth-order valence-corrected chi connectivity index (χ4v) is 1.93. The Morgan fingerprint density at radius 3 is 2.27 bits per heavy atom. The number of carboxylic acid groups (broad SMARTS) is 1. The highest BCUT2D eigenvalue weighted by molar-refractivity contribution is 5.85. The van der Waals surface area contributed by atoms with E-state index in [0.29, 0.717) is 5.41 Å². The van der Waals surface area contributed by atoms with Crippen molar-refractivity contribution in [1.82, 2.24) is 5.32 Å². The van der Waals surface area contributed by atoms with Gasteiger partial charge in [-0.15, -0.1) is 12.4 Å². The SMILES string of the molecule is Cl.O=C(O)C1CC2(CNC2)C1. The van der Waals surface area contributed by atoms with Crippen molar-refractivity contribution < 1.29 is 9.90 Å². The van der Waals surface area contributed by atoms with Crippen LogP contribution in [-0.2, 0) is 4.79 Å². The minimum absolute atomic E-state index is 0. The lowest BCUT2D eigenvalue weighted by Crippen LogP contribution is -2.61. The normalized spacial score (nSPS) is 26.5. The summed E-state index contributed by atoms with van der Waals surface area (Å²) in [5, 5.41) is 11.7. The molecular weight excluding hydrogens is 166 g/mol. The second-order valence-electron chi connectivity index (χ2n) is 3.55. The van der Waals surface area contributed by atoms with Crippen molar-refractivity contribution in [2.45, 2.75) is 12.8 Å². The summed E-state index contributed by atoms with van der Waals surface area (Å²) in [6.45, 7) is 2.08. The zero-order valence-electron chi connectivity index (χ0n) is 6.17. The number of carboxylic acids is 1. The minimum atomic E-state index is -0.613. The maximum absolute atomic E-state index is 10.4. The van der Waals surface area contributed by atoms with Crippen LogP contribution in [0.25, 0.3) is 0 Å². The fraction of sp³-hybridized carbons (Fsp3) is 0.857. The molecule has 0 aromatic rings. The van der Waals surface area contributed by atoms with Crippen LogP contribution in [0.4, 0.5) is 0 Å². The summed E-state index contributed by atoms with van der Waals surface area (Å²) in [5.41, 5.74) is 0.406. The Hall–Kier alpha value is -0.280. The number of hydrogen-bond donors (Lipinski definition) is 2. The molecule has 1 aliphatic carbocycles. The Labute approximate surface area is 71.6 Å². The Balaban J connectivity index is 0.000000605. The van der Waals surface area contributed by atoms with Crippen molar-refractivity contribution in [3.8, 4) is 0 Å². The fourth-order valence-electron chi connectivity index (χ4n) is 1.93. The van der Waals surface area contributed by atoms with Crippen LogP contribution in [0.5, 0.6) is 0 Å². The van der Waals surface area contributed by atoms with Gasteiger partial charge in [-0.3, -0.25) is 4.79 Å². The highest BCUT2D eigenvalue weighted by Crippen LogP contribution is 2.48. The zero-order chi connectivity index (χ0) is 7.19. The van der Waals surface area contributed by atoms with Gasteiger partial charge in [-0.05, 0) is 18.3 Å². The molecule has 2 rings (SSSR count). The first-order valence-electron chi connectivity index (χ1n) is 3.65. The average molecular weight is 178 g/mol. The number of rotatable bonds is 1. The van der Waals surface area contributed by atoms with Crippen LogP contribution in [0.15, 0.2) is 0 Å². The quantitative estimate of drug-likeness (QED) is 0.613. The molecule has 0 bridgehead atoms. The molecule has 64 valence electrons. The first-order valence-corrected chi connectivity index (χ1v) is 3.65. The molecule has 3 nitrogen and oxygen atoms in total. The summed E-state index contributed by atoms with van der Waals surface area (Å²) in [7, 11) is 0. The van der Waals surface area contributed by atoms with E-state index in [1.165, 1.54) is 0 Å². The summed E-state index contributed by atoms with van der Waals surface area (Å²) >= 11 is 0. The van der Waals surface area contributed by atoms with Gasteiger partial charge in [0.15, 0.2) is 0 Å². The lowest BCUT2D eigenvalue weighted by atomic mass is 9.59. The van der Waals surface area contributed by atoms with Crippen LogP contribution in [0.1, 0.15) is 12.8 Å². The molecule has 11 heavy (non-hydrogen) atoms. The maximum Gasteiger partial charge on any atom is 0.306 e. The van der Waals surface area contributed by atoms with E-state index in [1.807, 2.05) is 0 Å². The molecule has 0 radical (unpaired) electrons. The molecule has 0 amide bonds. The second kappa shape index (κ2) is 2.64. The molecule has 1 saturated carbocycles. The van der Waals surface area contributed by atoms with Crippen molar-refractivity contribution in [2.75, 3.05) is 13.1 Å². The van der Waals surface area contributed by atoms with Gasteiger partial charge in [0.2, 0.25) is 0 Å². The molecule has 2 fully saturated rings. The number of hydrogen-bond acceptors (Lipinski definition) is 2. The van der Waals surface area contributed by atoms with Crippen LogP contribution >= 0.6 is 12.4 Å². The van der Waals surface area contributed by atoms with E-state index in [2.05, 4.69) is 5.32 Å². The van der Waals surface area contributed by atoms with Gasteiger partial charge >= 0.3 is 5.97 Å². The van der Waals surface area contributed by atoms with Crippen LogP contribution in [0.3, 0.4) is 0 Å². The largest absolute Gasteiger partial charge is 0.481 e. The third-order valence-electron chi connectivity index (χ3n) is 2.71. The van der Waals surface area contributed by atoms with Gasteiger partial charge in [-0.2, -0.15) is 0 Å². The van der Waals surface area contributed by atoms with E-state index >= 15 is 0 Å². The second-order valence-corrected chi connectivity index (χ2v) is 3.55. The minimum Gasteiger partial charge on any atom is -0.481 e. The van der Waals surface area contributed by atoms with E-state index in [4.69, 9.17) is 5.11 Å². The van der Waals surface area contributed by atoms with E-state index < -0.39 is 5.97 Å². The molecule has 4 heteroatoms. The highest BCUT2D eigenvalue weighted by Gasteiger charge is 2.50. The third kappa shape index (κ3) is 1.23. The number of carbonyl (C=O) groups is 1. The molecule has 1 spiro atoms. The molecule has 0 aromatic heterocycles. The first-order chi connectivity index (χ1) is 4.72. The maximum atomic E-state index is 10.4. The number of halogens is 1. The zero-order valence-corrected chi connectivity index (χ0v) is 6.99. The topological polar surface area (TPSA) is 49.3 Å². The van der Waals surface area contributed by atoms with Crippen LogP contribution in [0.2, 0.25) is 0 Å². The molecule has 1 heterocycles. The van der Waals surface area contributed by atoms with E-state index in [-0.39, 0.29) is 18.3 Å². The predicted molar refractivity (Wildman–Crippen MR) is 42.9 cm³/mol. The summed E-state index contributed by atoms with van der Waals surface area (Å²) < 4.78 is 0. The first kappa shape index (κ1) is 8.81. The van der Waals surface area contributed by atoms with Crippen LogP contribution < -0.4 is 5.32 Å². The molecule has 0 aromatic carbocycles. The third-order valence-corrected chi connectivity index (χ3v) is 2.71. The monoisotopic (exact) mass is 177 g/mol. The molecule has 0 atom stereocenters. The Kier molecular flexibility index (Phi) is 2.12. The lowest BCUT2D eigenvalue weighted by molar-refractivity contribution is -0.152. The Bertz CT molecular complexity index is 171. The van der Waals surface area contributed by atoms with Crippen molar-refractivity contribution >= 4 is 18.4 Å². The predicted octanol–water partition coefficient (Wildman–Crippen LogP) is 0.492. The van der Waals surface area contributed by atoms with Crippen molar-refractivity contribution in [3.05, 3.63) is 0 Å². The standard InChI is InChI=1S/C7H11NO2.ClH/c9-6(10)5-1-7(2-5)3-8-4-7;/h5,8H,1-4H2,(H,9,10);1H. The van der Waals surface area contributed by atoms with Crippen molar-refractivity contribution in [2.24, 2.45) is 11.3 Å². The van der Waals surface area contributed by atoms with Gasteiger partial charge in [-0.1, -0.05) is 0 Å². The Morgan fingerprint density at radius 1 is 1.45 bits per heavy atom. The summed E-state index contributed by atoms with van der Waals surface area (Å²) in [6, 6.07) is 0. The lowest BCUT2D eigenvalue weighted by Gasteiger charge is -2.52. The number of aliphatic carboxylic acids is 1. The van der Waals surface area contributed by atoms with Crippen molar-refractivity contribution in [1.29, 1.82) is 0 Å². The Morgan fingerprint density at radius 2 is 2.00 bits per heavy atom. The summed E-state index contributed by atoms with van der Waals surface area (Å²) in [4.78, 5) is 10.4. The molecule has 1 aliphatic heterocycles. The molecule has 0 unspecified atom stereocenters. The molecule has 2 aliphatic rings. The van der Waals surface area contributed by atoms with Gasteiger partial charge in [0, 0.05) is 13.1 Å². The van der Waals surface area contributed by atoms with Gasteiger partial charge < -0.3 is 10.4 Å². The van der Waals surface area contributed by atoms with Gasteiger partial charge in [-0.25, -0.2) is 0 Å². The van der Waals surface area contributed by atoms with Crippen molar-refractivity contribution in [3.63, 3.8) is 0 Å². The smallest absolute Gasteiger partial charge is 0.306 e. The average Bonchev–Trinajstić information content (AvgIpc) is 1.54. The van der Waals surface area contributed by atoms with Gasteiger partial charge in [0.1, 0.15) is 0 Å². The molecule has 2 N–H and O–H groups in total. The van der Waals surface area contributed by atoms with Crippen LogP contribution in [0, 0.1) is 11.3 Å². The van der Waals surface area contributed by atoms with E-state index in [1.54, 1.807) is 0 Å².